The highest BCUT2D eigenvalue weighted by molar-refractivity contribution is 7.13. The first-order chi connectivity index (χ1) is 12.5. The van der Waals surface area contributed by atoms with Crippen LogP contribution in [-0.4, -0.2) is 33.1 Å². The SMILES string of the molecule is Cc1cc(NC(=O)C(C)OC(=O)Cc2csc(-c3ccccn3)n2)no1. The summed E-state index contributed by atoms with van der Waals surface area (Å²) in [5.41, 5.74) is 1.31. The van der Waals surface area contributed by atoms with Gasteiger partial charge in [0.1, 0.15) is 10.8 Å². The molecular formula is C17H16N4O4S. The predicted octanol–water partition coefficient (Wildman–Crippen LogP) is 2.61. The van der Waals surface area contributed by atoms with Gasteiger partial charge in [0.25, 0.3) is 5.91 Å². The summed E-state index contributed by atoms with van der Waals surface area (Å²) in [6.07, 6.45) is 0.694. The van der Waals surface area contributed by atoms with Crippen LogP contribution in [-0.2, 0) is 20.7 Å². The summed E-state index contributed by atoms with van der Waals surface area (Å²) >= 11 is 1.39. The highest BCUT2D eigenvalue weighted by atomic mass is 32.1. The van der Waals surface area contributed by atoms with Crippen molar-refractivity contribution in [1.29, 1.82) is 0 Å². The van der Waals surface area contributed by atoms with E-state index in [1.807, 2.05) is 18.2 Å². The molecule has 1 unspecified atom stereocenters. The average Bonchev–Trinajstić information content (AvgIpc) is 3.24. The fourth-order valence-corrected chi connectivity index (χ4v) is 2.88. The summed E-state index contributed by atoms with van der Waals surface area (Å²) in [5.74, 6) is -0.187. The summed E-state index contributed by atoms with van der Waals surface area (Å²) in [7, 11) is 0. The zero-order valence-corrected chi connectivity index (χ0v) is 14.9. The van der Waals surface area contributed by atoms with Gasteiger partial charge in [0.15, 0.2) is 11.9 Å². The second-order valence-corrected chi connectivity index (χ2v) is 6.34. The average molecular weight is 372 g/mol. The minimum Gasteiger partial charge on any atom is -0.452 e. The van der Waals surface area contributed by atoms with Gasteiger partial charge in [-0.1, -0.05) is 11.2 Å². The number of ether oxygens (including phenoxy) is 1. The van der Waals surface area contributed by atoms with Gasteiger partial charge in [-0.25, -0.2) is 4.98 Å². The molecule has 1 amide bonds. The Bertz CT molecular complexity index is 906. The van der Waals surface area contributed by atoms with Crippen molar-refractivity contribution >= 4 is 29.0 Å². The van der Waals surface area contributed by atoms with Crippen LogP contribution in [0.3, 0.4) is 0 Å². The van der Waals surface area contributed by atoms with E-state index in [9.17, 15) is 9.59 Å². The lowest BCUT2D eigenvalue weighted by Crippen LogP contribution is -2.30. The monoisotopic (exact) mass is 372 g/mol. The van der Waals surface area contributed by atoms with Crippen LogP contribution < -0.4 is 5.32 Å². The Kier molecular flexibility index (Phi) is 5.37. The van der Waals surface area contributed by atoms with E-state index in [1.54, 1.807) is 24.6 Å². The molecule has 0 saturated heterocycles. The topological polar surface area (TPSA) is 107 Å². The molecule has 3 heterocycles. The van der Waals surface area contributed by atoms with Crippen molar-refractivity contribution in [3.05, 3.63) is 47.3 Å². The molecule has 3 aromatic rings. The van der Waals surface area contributed by atoms with Crippen molar-refractivity contribution in [3.63, 3.8) is 0 Å². The van der Waals surface area contributed by atoms with Crippen LogP contribution in [0.2, 0.25) is 0 Å². The van der Waals surface area contributed by atoms with E-state index in [0.29, 0.717) is 11.5 Å². The summed E-state index contributed by atoms with van der Waals surface area (Å²) in [5, 5.41) is 8.66. The number of hydrogen-bond acceptors (Lipinski definition) is 8. The second kappa shape index (κ2) is 7.87. The molecule has 3 rings (SSSR count). The molecule has 1 atom stereocenters. The molecular weight excluding hydrogens is 356 g/mol. The number of hydrogen-bond donors (Lipinski definition) is 1. The van der Waals surface area contributed by atoms with Crippen LogP contribution in [0.5, 0.6) is 0 Å². The number of thiazole rings is 1. The van der Waals surface area contributed by atoms with Crippen LogP contribution in [0, 0.1) is 6.92 Å². The van der Waals surface area contributed by atoms with Crippen molar-refractivity contribution in [2.75, 3.05) is 5.32 Å². The van der Waals surface area contributed by atoms with Crippen molar-refractivity contribution in [2.24, 2.45) is 0 Å². The molecule has 0 aromatic carbocycles. The first-order valence-electron chi connectivity index (χ1n) is 7.81. The first-order valence-corrected chi connectivity index (χ1v) is 8.68. The maximum absolute atomic E-state index is 12.0. The van der Waals surface area contributed by atoms with Crippen molar-refractivity contribution in [1.82, 2.24) is 15.1 Å². The maximum Gasteiger partial charge on any atom is 0.312 e. The van der Waals surface area contributed by atoms with Crippen LogP contribution in [0.15, 0.2) is 40.4 Å². The third kappa shape index (κ3) is 4.51. The number of carbonyl (C=O) groups is 2. The van der Waals surface area contributed by atoms with Gasteiger partial charge in [-0.15, -0.1) is 11.3 Å². The van der Waals surface area contributed by atoms with Gasteiger partial charge in [-0.2, -0.15) is 0 Å². The third-order valence-electron chi connectivity index (χ3n) is 3.32. The lowest BCUT2D eigenvalue weighted by Gasteiger charge is -2.11. The van der Waals surface area contributed by atoms with Crippen molar-refractivity contribution in [2.45, 2.75) is 26.4 Å². The highest BCUT2D eigenvalue weighted by Gasteiger charge is 2.20. The quantitative estimate of drug-likeness (QED) is 0.663. The highest BCUT2D eigenvalue weighted by Crippen LogP contribution is 2.21. The second-order valence-electron chi connectivity index (χ2n) is 5.48. The van der Waals surface area contributed by atoms with Gasteiger partial charge in [0.05, 0.1) is 17.8 Å². The predicted molar refractivity (Wildman–Crippen MR) is 94.5 cm³/mol. The molecule has 0 spiro atoms. The Morgan fingerprint density at radius 2 is 2.23 bits per heavy atom. The van der Waals surface area contributed by atoms with Crippen LogP contribution >= 0.6 is 11.3 Å². The molecule has 0 fully saturated rings. The Balaban J connectivity index is 1.53. The summed E-state index contributed by atoms with van der Waals surface area (Å²) in [4.78, 5) is 32.6. The zero-order chi connectivity index (χ0) is 18.5. The van der Waals surface area contributed by atoms with E-state index < -0.39 is 18.0 Å². The normalized spacial score (nSPS) is 11.8. The van der Waals surface area contributed by atoms with E-state index >= 15 is 0 Å². The fourth-order valence-electron chi connectivity index (χ4n) is 2.09. The van der Waals surface area contributed by atoms with Crippen molar-refractivity contribution in [3.8, 4) is 10.7 Å². The summed E-state index contributed by atoms with van der Waals surface area (Å²) in [6.45, 7) is 3.19. The number of nitrogens with one attached hydrogen (secondary N) is 1. The lowest BCUT2D eigenvalue weighted by molar-refractivity contribution is -0.152. The molecule has 9 heteroatoms. The van der Waals surface area contributed by atoms with E-state index in [-0.39, 0.29) is 12.2 Å². The number of amides is 1. The van der Waals surface area contributed by atoms with Gasteiger partial charge < -0.3 is 14.6 Å². The molecule has 8 nitrogen and oxygen atoms in total. The van der Waals surface area contributed by atoms with Gasteiger partial charge >= 0.3 is 5.97 Å². The number of nitrogens with zero attached hydrogens (tertiary/aromatic N) is 3. The summed E-state index contributed by atoms with van der Waals surface area (Å²) in [6, 6.07) is 7.11. The van der Waals surface area contributed by atoms with E-state index in [2.05, 4.69) is 20.4 Å². The number of carbonyl (C=O) groups excluding carboxylic acids is 2. The molecule has 26 heavy (non-hydrogen) atoms. The number of rotatable bonds is 6. The number of aromatic nitrogens is 3. The van der Waals surface area contributed by atoms with E-state index in [0.717, 1.165) is 10.7 Å². The number of esters is 1. The molecule has 0 saturated carbocycles. The fraction of sp³-hybridized carbons (Fsp3) is 0.235. The van der Waals surface area contributed by atoms with Crippen LogP contribution in [0.4, 0.5) is 5.82 Å². The molecule has 0 aliphatic heterocycles. The van der Waals surface area contributed by atoms with Gasteiger partial charge in [0.2, 0.25) is 0 Å². The molecule has 1 N–H and O–H groups in total. The summed E-state index contributed by atoms with van der Waals surface area (Å²) < 4.78 is 10.0. The number of pyridine rings is 1. The van der Waals surface area contributed by atoms with E-state index in [1.165, 1.54) is 18.3 Å². The van der Waals surface area contributed by atoms with Gasteiger partial charge in [-0.3, -0.25) is 14.6 Å². The van der Waals surface area contributed by atoms with Crippen LogP contribution in [0.1, 0.15) is 18.4 Å². The molecule has 0 bridgehead atoms. The van der Waals surface area contributed by atoms with Crippen molar-refractivity contribution < 1.29 is 18.8 Å². The molecule has 134 valence electrons. The number of aryl methyl sites for hydroxylation is 1. The molecule has 3 aromatic heterocycles. The standard InChI is InChI=1S/C17H16N4O4S/c1-10-7-14(21-25-10)20-16(23)11(2)24-15(22)8-12-9-26-17(19-12)13-5-3-4-6-18-13/h3-7,9,11H,8H2,1-2H3,(H,20,21,23). The maximum atomic E-state index is 12.0. The largest absolute Gasteiger partial charge is 0.452 e. The first kappa shape index (κ1) is 17.7. The minimum atomic E-state index is -0.964. The smallest absolute Gasteiger partial charge is 0.312 e. The van der Waals surface area contributed by atoms with E-state index in [4.69, 9.17) is 9.26 Å². The van der Waals surface area contributed by atoms with Crippen LogP contribution in [0.25, 0.3) is 10.7 Å². The number of anilines is 1. The van der Waals surface area contributed by atoms with Gasteiger partial charge in [-0.05, 0) is 26.0 Å². The molecule has 0 radical (unpaired) electrons. The molecule has 0 aliphatic carbocycles. The third-order valence-corrected chi connectivity index (χ3v) is 4.23. The molecule has 0 aliphatic rings. The Morgan fingerprint density at radius 1 is 1.38 bits per heavy atom. The Hall–Kier alpha value is -3.07. The van der Waals surface area contributed by atoms with Gasteiger partial charge in [0, 0.05) is 17.6 Å². The zero-order valence-electron chi connectivity index (χ0n) is 14.1. The lowest BCUT2D eigenvalue weighted by atomic mass is 10.3. The Labute approximate surface area is 153 Å². The Morgan fingerprint density at radius 3 is 2.92 bits per heavy atom. The minimum absolute atomic E-state index is 0.0238.